The highest BCUT2D eigenvalue weighted by Crippen LogP contribution is 2.23. The fourth-order valence-corrected chi connectivity index (χ4v) is 3.37. The van der Waals surface area contributed by atoms with Crippen LogP contribution in [-0.4, -0.2) is 6.04 Å². The monoisotopic (exact) mass is 329 g/mol. The third-order valence-corrected chi connectivity index (χ3v) is 5.15. The molecule has 1 aliphatic rings. The first-order chi connectivity index (χ1) is 11.5. The molecule has 0 heterocycles. The van der Waals surface area contributed by atoms with Crippen molar-refractivity contribution in [1.82, 2.24) is 5.32 Å². The van der Waals surface area contributed by atoms with Crippen molar-refractivity contribution in [3.8, 4) is 0 Å². The van der Waals surface area contributed by atoms with Crippen molar-refractivity contribution < 1.29 is 0 Å². The third kappa shape index (κ3) is 8.87. The van der Waals surface area contributed by atoms with Gasteiger partial charge in [-0.1, -0.05) is 83.6 Å². The minimum absolute atomic E-state index is 0.516. The molecule has 1 aromatic rings. The third-order valence-electron chi connectivity index (χ3n) is 5.15. The Kier molecular flexibility index (Phi) is 8.32. The Labute approximate surface area is 150 Å². The molecule has 1 aliphatic carbocycles. The van der Waals surface area contributed by atoms with E-state index in [0.717, 1.165) is 12.6 Å². The Morgan fingerprint density at radius 3 is 2.04 bits per heavy atom. The fourth-order valence-electron chi connectivity index (χ4n) is 3.37. The first kappa shape index (κ1) is 19.5. The molecule has 2 rings (SSSR count). The van der Waals surface area contributed by atoms with Crippen LogP contribution < -0.4 is 5.32 Å². The maximum absolute atomic E-state index is 3.65. The highest BCUT2D eigenvalue weighted by molar-refractivity contribution is 5.27. The van der Waals surface area contributed by atoms with E-state index in [1.165, 1.54) is 76.2 Å². The summed E-state index contributed by atoms with van der Waals surface area (Å²) < 4.78 is 0. The maximum atomic E-state index is 3.65. The molecule has 0 unspecified atom stereocenters. The number of rotatable bonds is 12. The first-order valence-electron chi connectivity index (χ1n) is 10.3. The standard InChI is InChI=1S/C23H39N/c1-23(2,3)18-12-8-6-4-5-7-9-13-20-14-10-11-15-21(20)19-24-22-16-17-22/h10-11,14-15,22,24H,4-9,12-13,16-19H2,1-3H3. The molecule has 0 atom stereocenters. The number of hydrogen-bond donors (Lipinski definition) is 1. The summed E-state index contributed by atoms with van der Waals surface area (Å²) in [6.45, 7) is 8.12. The van der Waals surface area contributed by atoms with Gasteiger partial charge in [-0.3, -0.25) is 0 Å². The highest BCUT2D eigenvalue weighted by Gasteiger charge is 2.20. The molecule has 0 aromatic heterocycles. The smallest absolute Gasteiger partial charge is 0.0210 e. The van der Waals surface area contributed by atoms with Crippen LogP contribution in [0.25, 0.3) is 0 Å². The highest BCUT2D eigenvalue weighted by atomic mass is 14.9. The molecule has 24 heavy (non-hydrogen) atoms. The van der Waals surface area contributed by atoms with Crippen molar-refractivity contribution in [2.24, 2.45) is 5.41 Å². The zero-order valence-corrected chi connectivity index (χ0v) is 16.4. The van der Waals surface area contributed by atoms with Crippen molar-refractivity contribution in [3.63, 3.8) is 0 Å². The van der Waals surface area contributed by atoms with Crippen molar-refractivity contribution in [2.45, 2.75) is 104 Å². The van der Waals surface area contributed by atoms with Crippen LogP contribution in [0, 0.1) is 5.41 Å². The first-order valence-corrected chi connectivity index (χ1v) is 10.3. The van der Waals surface area contributed by atoms with Gasteiger partial charge in [0.05, 0.1) is 0 Å². The second-order valence-corrected chi connectivity index (χ2v) is 8.96. The summed E-state index contributed by atoms with van der Waals surface area (Å²) in [5.74, 6) is 0. The summed E-state index contributed by atoms with van der Waals surface area (Å²) in [7, 11) is 0. The summed E-state index contributed by atoms with van der Waals surface area (Å²) in [5.41, 5.74) is 3.60. The van der Waals surface area contributed by atoms with Gasteiger partial charge in [0, 0.05) is 12.6 Å². The van der Waals surface area contributed by atoms with Gasteiger partial charge in [0.2, 0.25) is 0 Å². The summed E-state index contributed by atoms with van der Waals surface area (Å²) in [4.78, 5) is 0. The summed E-state index contributed by atoms with van der Waals surface area (Å²) >= 11 is 0. The van der Waals surface area contributed by atoms with Gasteiger partial charge in [-0.25, -0.2) is 0 Å². The molecule has 1 heteroatoms. The average molecular weight is 330 g/mol. The van der Waals surface area contributed by atoms with Gasteiger partial charge >= 0.3 is 0 Å². The molecule has 136 valence electrons. The number of nitrogens with one attached hydrogen (secondary N) is 1. The molecule has 0 radical (unpaired) electrons. The van der Waals surface area contributed by atoms with E-state index in [2.05, 4.69) is 50.4 Å². The summed E-state index contributed by atoms with van der Waals surface area (Å²) in [6.07, 6.45) is 15.2. The molecule has 1 N–H and O–H groups in total. The van der Waals surface area contributed by atoms with Crippen LogP contribution in [0.4, 0.5) is 0 Å². The lowest BCUT2D eigenvalue weighted by molar-refractivity contribution is 0.356. The van der Waals surface area contributed by atoms with E-state index in [0.29, 0.717) is 5.41 Å². The van der Waals surface area contributed by atoms with E-state index in [4.69, 9.17) is 0 Å². The van der Waals surface area contributed by atoms with E-state index >= 15 is 0 Å². The Morgan fingerprint density at radius 2 is 1.42 bits per heavy atom. The van der Waals surface area contributed by atoms with Gasteiger partial charge in [0.25, 0.3) is 0 Å². The molecule has 1 nitrogen and oxygen atoms in total. The molecule has 1 fully saturated rings. The predicted molar refractivity (Wildman–Crippen MR) is 106 cm³/mol. The van der Waals surface area contributed by atoms with Crippen molar-refractivity contribution in [3.05, 3.63) is 35.4 Å². The van der Waals surface area contributed by atoms with Crippen LogP contribution in [0.15, 0.2) is 24.3 Å². The van der Waals surface area contributed by atoms with Crippen molar-refractivity contribution in [1.29, 1.82) is 0 Å². The Hall–Kier alpha value is -0.820. The van der Waals surface area contributed by atoms with Gasteiger partial charge in [-0.2, -0.15) is 0 Å². The molecule has 0 amide bonds. The average Bonchev–Trinajstić information content (AvgIpc) is 3.35. The Balaban J connectivity index is 1.51. The van der Waals surface area contributed by atoms with E-state index in [1.807, 2.05) is 0 Å². The van der Waals surface area contributed by atoms with Crippen LogP contribution in [-0.2, 0) is 13.0 Å². The number of aryl methyl sites for hydroxylation is 1. The second-order valence-electron chi connectivity index (χ2n) is 8.96. The van der Waals surface area contributed by atoms with Crippen molar-refractivity contribution >= 4 is 0 Å². The number of hydrogen-bond acceptors (Lipinski definition) is 1. The lowest BCUT2D eigenvalue weighted by Gasteiger charge is -2.17. The molecule has 1 aromatic carbocycles. The summed E-state index contributed by atoms with van der Waals surface area (Å²) in [6, 6.07) is 9.82. The molecule has 0 spiro atoms. The molecule has 0 saturated heterocycles. The van der Waals surface area contributed by atoms with Gasteiger partial charge < -0.3 is 5.32 Å². The normalized spacial score (nSPS) is 15.0. The van der Waals surface area contributed by atoms with Crippen LogP contribution >= 0.6 is 0 Å². The predicted octanol–water partition coefficient (Wildman–Crippen LogP) is 6.65. The minimum Gasteiger partial charge on any atom is -0.310 e. The van der Waals surface area contributed by atoms with Gasteiger partial charge in [0.1, 0.15) is 0 Å². The lowest BCUT2D eigenvalue weighted by Crippen LogP contribution is -2.16. The zero-order chi connectivity index (χ0) is 17.3. The van der Waals surface area contributed by atoms with Crippen LogP contribution in [0.1, 0.15) is 96.1 Å². The van der Waals surface area contributed by atoms with Gasteiger partial charge in [-0.05, 0) is 48.6 Å². The van der Waals surface area contributed by atoms with Gasteiger partial charge in [-0.15, -0.1) is 0 Å². The molecule has 0 aliphatic heterocycles. The second kappa shape index (κ2) is 10.2. The van der Waals surface area contributed by atoms with Crippen LogP contribution in [0.2, 0.25) is 0 Å². The lowest BCUT2D eigenvalue weighted by atomic mass is 9.89. The summed E-state index contributed by atoms with van der Waals surface area (Å²) in [5, 5.41) is 3.65. The topological polar surface area (TPSA) is 12.0 Å². The molecule has 0 bridgehead atoms. The van der Waals surface area contributed by atoms with Crippen LogP contribution in [0.3, 0.4) is 0 Å². The number of unbranched alkanes of at least 4 members (excludes halogenated alkanes) is 6. The Morgan fingerprint density at radius 1 is 0.833 bits per heavy atom. The van der Waals surface area contributed by atoms with E-state index in [9.17, 15) is 0 Å². The van der Waals surface area contributed by atoms with E-state index < -0.39 is 0 Å². The minimum atomic E-state index is 0.516. The largest absolute Gasteiger partial charge is 0.310 e. The zero-order valence-electron chi connectivity index (χ0n) is 16.4. The molecule has 1 saturated carbocycles. The molecular formula is C23H39N. The fraction of sp³-hybridized carbons (Fsp3) is 0.739. The van der Waals surface area contributed by atoms with Crippen molar-refractivity contribution in [2.75, 3.05) is 0 Å². The van der Waals surface area contributed by atoms with Crippen LogP contribution in [0.5, 0.6) is 0 Å². The number of benzene rings is 1. The van der Waals surface area contributed by atoms with Gasteiger partial charge in [0.15, 0.2) is 0 Å². The van der Waals surface area contributed by atoms with E-state index in [-0.39, 0.29) is 0 Å². The SMILES string of the molecule is CC(C)(C)CCCCCCCCCc1ccccc1CNC1CC1. The maximum Gasteiger partial charge on any atom is 0.0210 e. The van der Waals surface area contributed by atoms with E-state index in [1.54, 1.807) is 5.56 Å². The molecular weight excluding hydrogens is 290 g/mol. The quantitative estimate of drug-likeness (QED) is 0.423. The Bertz CT molecular complexity index is 453.